The largest absolute Gasteiger partial charge is 0.497 e. The Morgan fingerprint density at radius 1 is 0.955 bits per heavy atom. The van der Waals surface area contributed by atoms with Gasteiger partial charge < -0.3 is 9.30 Å². The lowest BCUT2D eigenvalue weighted by Gasteiger charge is -2.04. The SMILES string of the molecule is COc1ccc(-c2ncc(C#Cc3ccccc3)n2C)cc1. The third-order valence-corrected chi connectivity index (χ3v) is 3.45. The smallest absolute Gasteiger partial charge is 0.140 e. The van der Waals surface area contributed by atoms with Gasteiger partial charge >= 0.3 is 0 Å². The molecule has 1 aromatic heterocycles. The second-order valence-corrected chi connectivity index (χ2v) is 4.87. The number of benzene rings is 2. The highest BCUT2D eigenvalue weighted by molar-refractivity contribution is 5.58. The number of imidazole rings is 1. The number of rotatable bonds is 2. The van der Waals surface area contributed by atoms with Gasteiger partial charge in [-0.1, -0.05) is 24.1 Å². The van der Waals surface area contributed by atoms with Crippen LogP contribution in [0.15, 0.2) is 60.8 Å². The fourth-order valence-electron chi connectivity index (χ4n) is 2.19. The van der Waals surface area contributed by atoms with Gasteiger partial charge in [-0.25, -0.2) is 4.98 Å². The molecule has 0 fully saturated rings. The van der Waals surface area contributed by atoms with Crippen molar-refractivity contribution < 1.29 is 4.74 Å². The summed E-state index contributed by atoms with van der Waals surface area (Å²) in [5.41, 5.74) is 2.92. The van der Waals surface area contributed by atoms with E-state index < -0.39 is 0 Å². The molecule has 0 aliphatic heterocycles. The summed E-state index contributed by atoms with van der Waals surface area (Å²) in [5.74, 6) is 8.05. The van der Waals surface area contributed by atoms with Gasteiger partial charge in [0, 0.05) is 18.2 Å². The van der Waals surface area contributed by atoms with Crippen molar-refractivity contribution in [1.82, 2.24) is 9.55 Å². The number of hydrogen-bond donors (Lipinski definition) is 0. The fraction of sp³-hybridized carbons (Fsp3) is 0.105. The Bertz CT molecular complexity index is 821. The van der Waals surface area contributed by atoms with Gasteiger partial charge in [0.1, 0.15) is 17.3 Å². The zero-order chi connectivity index (χ0) is 15.4. The highest BCUT2D eigenvalue weighted by Gasteiger charge is 2.07. The van der Waals surface area contributed by atoms with E-state index in [1.165, 1.54) is 0 Å². The minimum absolute atomic E-state index is 0.835. The molecule has 0 N–H and O–H groups in total. The van der Waals surface area contributed by atoms with E-state index in [1.807, 2.05) is 66.2 Å². The minimum Gasteiger partial charge on any atom is -0.497 e. The predicted octanol–water partition coefficient (Wildman–Crippen LogP) is 3.50. The molecule has 3 rings (SSSR count). The number of methoxy groups -OCH3 is 1. The topological polar surface area (TPSA) is 27.1 Å². The molecule has 0 saturated carbocycles. The van der Waals surface area contributed by atoms with E-state index in [-0.39, 0.29) is 0 Å². The van der Waals surface area contributed by atoms with Crippen LogP contribution < -0.4 is 4.74 Å². The Morgan fingerprint density at radius 2 is 1.68 bits per heavy atom. The van der Waals surface area contributed by atoms with Crippen LogP contribution in [0.3, 0.4) is 0 Å². The molecule has 0 unspecified atom stereocenters. The van der Waals surface area contributed by atoms with E-state index in [1.54, 1.807) is 13.3 Å². The molecule has 0 saturated heterocycles. The predicted molar refractivity (Wildman–Crippen MR) is 87.6 cm³/mol. The van der Waals surface area contributed by atoms with Gasteiger partial charge in [0.2, 0.25) is 0 Å². The highest BCUT2D eigenvalue weighted by atomic mass is 16.5. The summed E-state index contributed by atoms with van der Waals surface area (Å²) in [6.45, 7) is 0. The van der Waals surface area contributed by atoms with E-state index in [2.05, 4.69) is 16.8 Å². The first-order valence-corrected chi connectivity index (χ1v) is 7.01. The lowest BCUT2D eigenvalue weighted by molar-refractivity contribution is 0.415. The molecule has 0 radical (unpaired) electrons. The Kier molecular flexibility index (Phi) is 3.93. The zero-order valence-electron chi connectivity index (χ0n) is 12.6. The fourth-order valence-corrected chi connectivity index (χ4v) is 2.19. The van der Waals surface area contributed by atoms with E-state index in [0.717, 1.165) is 28.4 Å². The Hall–Kier alpha value is -2.99. The van der Waals surface area contributed by atoms with Crippen molar-refractivity contribution in [1.29, 1.82) is 0 Å². The molecular weight excluding hydrogens is 272 g/mol. The quantitative estimate of drug-likeness (QED) is 0.675. The molecule has 0 atom stereocenters. The molecular formula is C19H16N2O. The van der Waals surface area contributed by atoms with Crippen LogP contribution in [-0.2, 0) is 7.05 Å². The third kappa shape index (κ3) is 2.87. The van der Waals surface area contributed by atoms with Crippen LogP contribution in [0.25, 0.3) is 11.4 Å². The molecule has 22 heavy (non-hydrogen) atoms. The normalized spacial score (nSPS) is 9.91. The summed E-state index contributed by atoms with van der Waals surface area (Å²) in [5, 5.41) is 0. The summed E-state index contributed by atoms with van der Waals surface area (Å²) >= 11 is 0. The van der Waals surface area contributed by atoms with E-state index in [9.17, 15) is 0 Å². The van der Waals surface area contributed by atoms with E-state index >= 15 is 0 Å². The Balaban J connectivity index is 1.90. The summed E-state index contributed by atoms with van der Waals surface area (Å²) in [6.07, 6.45) is 1.80. The lowest BCUT2D eigenvalue weighted by Crippen LogP contribution is -1.95. The maximum Gasteiger partial charge on any atom is 0.140 e. The van der Waals surface area contributed by atoms with Crippen molar-refractivity contribution >= 4 is 0 Å². The number of ether oxygens (including phenoxy) is 1. The first-order valence-electron chi connectivity index (χ1n) is 7.01. The van der Waals surface area contributed by atoms with E-state index in [0.29, 0.717) is 0 Å². The molecule has 3 nitrogen and oxygen atoms in total. The summed E-state index contributed by atoms with van der Waals surface area (Å²) in [4.78, 5) is 4.47. The van der Waals surface area contributed by atoms with Crippen molar-refractivity contribution in [2.75, 3.05) is 7.11 Å². The average molecular weight is 288 g/mol. The molecule has 0 amide bonds. The number of nitrogens with zero attached hydrogens (tertiary/aromatic N) is 2. The molecule has 0 spiro atoms. The van der Waals surface area contributed by atoms with Gasteiger partial charge in [-0.15, -0.1) is 0 Å². The van der Waals surface area contributed by atoms with Gasteiger partial charge in [-0.2, -0.15) is 0 Å². The molecule has 0 aliphatic rings. The molecule has 2 aromatic carbocycles. The van der Waals surface area contributed by atoms with Crippen molar-refractivity contribution in [2.45, 2.75) is 0 Å². The summed E-state index contributed by atoms with van der Waals surface area (Å²) in [6, 6.07) is 17.8. The van der Waals surface area contributed by atoms with Crippen molar-refractivity contribution in [2.24, 2.45) is 7.05 Å². The first-order chi connectivity index (χ1) is 10.8. The standard InChI is InChI=1S/C19H16N2O/c1-21-17(11-8-15-6-4-3-5-7-15)14-20-19(21)16-9-12-18(22-2)13-10-16/h3-7,9-10,12-14H,1-2H3. The summed E-state index contributed by atoms with van der Waals surface area (Å²) < 4.78 is 7.18. The van der Waals surface area contributed by atoms with Crippen LogP contribution in [0.2, 0.25) is 0 Å². The second kappa shape index (κ2) is 6.19. The monoisotopic (exact) mass is 288 g/mol. The van der Waals surface area contributed by atoms with Crippen LogP contribution in [0.5, 0.6) is 5.75 Å². The van der Waals surface area contributed by atoms with Gasteiger partial charge in [0.05, 0.1) is 13.3 Å². The maximum absolute atomic E-state index is 5.18. The van der Waals surface area contributed by atoms with Gasteiger partial charge in [0.25, 0.3) is 0 Å². The highest BCUT2D eigenvalue weighted by Crippen LogP contribution is 2.21. The van der Waals surface area contributed by atoms with Crippen LogP contribution in [0, 0.1) is 11.8 Å². The van der Waals surface area contributed by atoms with Crippen LogP contribution in [-0.4, -0.2) is 16.7 Å². The lowest BCUT2D eigenvalue weighted by atomic mass is 10.2. The molecule has 108 valence electrons. The number of hydrogen-bond acceptors (Lipinski definition) is 2. The van der Waals surface area contributed by atoms with Gasteiger partial charge in [-0.05, 0) is 42.3 Å². The molecule has 0 bridgehead atoms. The first kappa shape index (κ1) is 14.0. The maximum atomic E-state index is 5.18. The zero-order valence-corrected chi connectivity index (χ0v) is 12.6. The average Bonchev–Trinajstić information content (AvgIpc) is 2.95. The van der Waals surface area contributed by atoms with Gasteiger partial charge in [-0.3, -0.25) is 0 Å². The van der Waals surface area contributed by atoms with Crippen molar-refractivity contribution in [3.63, 3.8) is 0 Å². The van der Waals surface area contributed by atoms with Crippen molar-refractivity contribution in [3.8, 4) is 29.0 Å². The summed E-state index contributed by atoms with van der Waals surface area (Å²) in [7, 11) is 3.63. The van der Waals surface area contributed by atoms with E-state index in [4.69, 9.17) is 4.74 Å². The molecule has 3 heteroatoms. The molecule has 3 aromatic rings. The minimum atomic E-state index is 0.835. The second-order valence-electron chi connectivity index (χ2n) is 4.87. The Morgan fingerprint density at radius 3 is 2.36 bits per heavy atom. The van der Waals surface area contributed by atoms with Crippen LogP contribution in [0.4, 0.5) is 0 Å². The molecule has 0 aliphatic carbocycles. The third-order valence-electron chi connectivity index (χ3n) is 3.45. The van der Waals surface area contributed by atoms with Crippen LogP contribution >= 0.6 is 0 Å². The van der Waals surface area contributed by atoms with Crippen LogP contribution in [0.1, 0.15) is 11.3 Å². The number of aromatic nitrogens is 2. The van der Waals surface area contributed by atoms with Gasteiger partial charge in [0.15, 0.2) is 0 Å². The van der Waals surface area contributed by atoms with Crippen molar-refractivity contribution in [3.05, 3.63) is 72.1 Å². The Labute approximate surface area is 130 Å². The molecule has 1 heterocycles.